The third kappa shape index (κ3) is 6.39. The molecule has 2 heterocycles. The second-order valence-corrected chi connectivity index (χ2v) is 9.09. The summed E-state index contributed by atoms with van der Waals surface area (Å²) in [6, 6.07) is 14.5. The molecule has 1 aliphatic rings. The monoisotopic (exact) mass is 499 g/mol. The Morgan fingerprint density at radius 2 is 1.74 bits per heavy atom. The van der Waals surface area contributed by atoms with E-state index < -0.39 is 0 Å². The van der Waals surface area contributed by atoms with Gasteiger partial charge in [-0.05, 0) is 55.0 Å². The van der Waals surface area contributed by atoms with Crippen LogP contribution in [0, 0.1) is 0 Å². The zero-order valence-corrected chi connectivity index (χ0v) is 20.4. The summed E-state index contributed by atoms with van der Waals surface area (Å²) in [4.78, 5) is 33.5. The molecule has 178 valence electrons. The Balaban J connectivity index is 1.20. The SMILES string of the molecule is COc1ccc(NC(=O)Nc2nc(CCC(=O)N3CCN(c4ccc(Cl)cc4)CC3)cs2)cc1. The molecule has 2 N–H and O–H groups in total. The third-order valence-corrected chi connectivity index (χ3v) is 6.60. The minimum atomic E-state index is -0.374. The maximum atomic E-state index is 12.7. The molecule has 10 heteroatoms. The highest BCUT2D eigenvalue weighted by Crippen LogP contribution is 2.21. The number of aromatic nitrogens is 1. The Bertz CT molecular complexity index is 1110. The summed E-state index contributed by atoms with van der Waals surface area (Å²) in [5.41, 5.74) is 2.56. The summed E-state index contributed by atoms with van der Waals surface area (Å²) < 4.78 is 5.11. The second-order valence-electron chi connectivity index (χ2n) is 7.80. The second kappa shape index (κ2) is 11.2. The van der Waals surface area contributed by atoms with Gasteiger partial charge >= 0.3 is 6.03 Å². The van der Waals surface area contributed by atoms with Crippen molar-refractivity contribution in [3.63, 3.8) is 0 Å². The summed E-state index contributed by atoms with van der Waals surface area (Å²) in [7, 11) is 1.59. The number of benzene rings is 2. The van der Waals surface area contributed by atoms with Crippen molar-refractivity contribution >= 4 is 51.4 Å². The number of carbonyl (C=O) groups excluding carboxylic acids is 2. The third-order valence-electron chi connectivity index (χ3n) is 5.54. The molecular weight excluding hydrogens is 474 g/mol. The van der Waals surface area contributed by atoms with Gasteiger partial charge in [-0.3, -0.25) is 10.1 Å². The molecule has 1 fully saturated rings. The van der Waals surface area contributed by atoms with Gasteiger partial charge in [-0.2, -0.15) is 0 Å². The molecular formula is C24H26ClN5O3S. The van der Waals surface area contributed by atoms with E-state index in [4.69, 9.17) is 16.3 Å². The summed E-state index contributed by atoms with van der Waals surface area (Å²) in [6.07, 6.45) is 0.927. The molecule has 0 atom stereocenters. The number of hydrogen-bond donors (Lipinski definition) is 2. The molecule has 0 bridgehead atoms. The molecule has 3 aromatic rings. The fourth-order valence-corrected chi connectivity index (χ4v) is 4.54. The smallest absolute Gasteiger partial charge is 0.325 e. The number of thiazole rings is 1. The number of methoxy groups -OCH3 is 1. The molecule has 1 saturated heterocycles. The maximum Gasteiger partial charge on any atom is 0.325 e. The minimum Gasteiger partial charge on any atom is -0.497 e. The average molecular weight is 500 g/mol. The number of anilines is 3. The lowest BCUT2D eigenvalue weighted by molar-refractivity contribution is -0.131. The van der Waals surface area contributed by atoms with Gasteiger partial charge in [0, 0.05) is 54.4 Å². The van der Waals surface area contributed by atoms with Crippen molar-refractivity contribution in [2.45, 2.75) is 12.8 Å². The van der Waals surface area contributed by atoms with Gasteiger partial charge in [0.25, 0.3) is 0 Å². The van der Waals surface area contributed by atoms with Gasteiger partial charge in [-0.15, -0.1) is 11.3 Å². The van der Waals surface area contributed by atoms with Crippen LogP contribution in [0.2, 0.25) is 5.02 Å². The van der Waals surface area contributed by atoms with Crippen molar-refractivity contribution in [3.8, 4) is 5.75 Å². The number of nitrogens with one attached hydrogen (secondary N) is 2. The van der Waals surface area contributed by atoms with E-state index >= 15 is 0 Å². The number of urea groups is 1. The Labute approximate surface area is 207 Å². The van der Waals surface area contributed by atoms with Gasteiger partial charge in [-0.25, -0.2) is 9.78 Å². The Kier molecular flexibility index (Phi) is 7.87. The molecule has 0 radical (unpaired) electrons. The van der Waals surface area contributed by atoms with Crippen molar-refractivity contribution in [1.29, 1.82) is 0 Å². The molecule has 2 aromatic carbocycles. The van der Waals surface area contributed by atoms with Crippen molar-refractivity contribution in [1.82, 2.24) is 9.88 Å². The van der Waals surface area contributed by atoms with Crippen LogP contribution in [-0.4, -0.2) is 55.1 Å². The molecule has 1 aromatic heterocycles. The van der Waals surface area contributed by atoms with E-state index in [1.165, 1.54) is 11.3 Å². The summed E-state index contributed by atoms with van der Waals surface area (Å²) in [5.74, 6) is 0.837. The lowest BCUT2D eigenvalue weighted by Crippen LogP contribution is -2.48. The van der Waals surface area contributed by atoms with Crippen molar-refractivity contribution in [2.24, 2.45) is 0 Å². The molecule has 34 heavy (non-hydrogen) atoms. The van der Waals surface area contributed by atoms with E-state index in [0.717, 1.165) is 29.5 Å². The van der Waals surface area contributed by atoms with Crippen LogP contribution >= 0.6 is 22.9 Å². The zero-order valence-electron chi connectivity index (χ0n) is 18.8. The van der Waals surface area contributed by atoms with E-state index in [1.54, 1.807) is 31.4 Å². The lowest BCUT2D eigenvalue weighted by Gasteiger charge is -2.36. The fraction of sp³-hybridized carbons (Fsp3) is 0.292. The van der Waals surface area contributed by atoms with Crippen LogP contribution in [0.25, 0.3) is 0 Å². The molecule has 0 unspecified atom stereocenters. The number of ether oxygens (including phenoxy) is 1. The van der Waals surface area contributed by atoms with Crippen LogP contribution in [0.4, 0.5) is 21.3 Å². The summed E-state index contributed by atoms with van der Waals surface area (Å²) >= 11 is 7.30. The number of hydrogen-bond acceptors (Lipinski definition) is 6. The topological polar surface area (TPSA) is 86.8 Å². The van der Waals surface area contributed by atoms with Gasteiger partial charge in [0.1, 0.15) is 5.75 Å². The lowest BCUT2D eigenvalue weighted by atomic mass is 10.2. The maximum absolute atomic E-state index is 12.7. The fourth-order valence-electron chi connectivity index (χ4n) is 3.67. The first-order valence-corrected chi connectivity index (χ1v) is 12.2. The van der Waals surface area contributed by atoms with E-state index in [1.807, 2.05) is 34.5 Å². The predicted molar refractivity (Wildman–Crippen MR) is 136 cm³/mol. The van der Waals surface area contributed by atoms with Gasteiger partial charge in [0.2, 0.25) is 5.91 Å². The normalized spacial score (nSPS) is 13.5. The van der Waals surface area contributed by atoms with Gasteiger partial charge < -0.3 is 19.9 Å². The molecule has 0 aliphatic carbocycles. The van der Waals surface area contributed by atoms with Crippen LogP contribution in [0.5, 0.6) is 5.75 Å². The number of aryl methyl sites for hydroxylation is 1. The quantitative estimate of drug-likeness (QED) is 0.490. The predicted octanol–water partition coefficient (Wildman–Crippen LogP) is 4.73. The van der Waals surface area contributed by atoms with E-state index in [-0.39, 0.29) is 11.9 Å². The minimum absolute atomic E-state index is 0.121. The molecule has 4 rings (SSSR count). The zero-order chi connectivity index (χ0) is 23.9. The highest BCUT2D eigenvalue weighted by Gasteiger charge is 2.21. The average Bonchev–Trinajstić information content (AvgIpc) is 3.30. The van der Waals surface area contributed by atoms with Crippen molar-refractivity contribution in [3.05, 3.63) is 64.6 Å². The van der Waals surface area contributed by atoms with Crippen LogP contribution in [-0.2, 0) is 11.2 Å². The first kappa shape index (κ1) is 23.8. The highest BCUT2D eigenvalue weighted by atomic mass is 35.5. The first-order valence-electron chi connectivity index (χ1n) is 10.9. The van der Waals surface area contributed by atoms with Crippen LogP contribution in [0.3, 0.4) is 0 Å². The van der Waals surface area contributed by atoms with E-state index in [0.29, 0.717) is 42.5 Å². The Hall–Kier alpha value is -3.30. The first-order chi connectivity index (χ1) is 16.5. The Morgan fingerprint density at radius 1 is 1.03 bits per heavy atom. The number of nitrogens with zero attached hydrogens (tertiary/aromatic N) is 3. The summed E-state index contributed by atoms with van der Waals surface area (Å²) in [6.45, 7) is 2.97. The molecule has 3 amide bonds. The number of amides is 3. The number of rotatable bonds is 7. The number of carbonyl (C=O) groups is 2. The molecule has 0 spiro atoms. The summed E-state index contributed by atoms with van der Waals surface area (Å²) in [5, 5.41) is 8.56. The van der Waals surface area contributed by atoms with Crippen molar-refractivity contribution in [2.75, 3.05) is 48.8 Å². The number of piperazine rings is 1. The number of halogens is 1. The molecule has 0 saturated carbocycles. The van der Waals surface area contributed by atoms with E-state index in [2.05, 4.69) is 20.5 Å². The molecule has 1 aliphatic heterocycles. The molecule has 8 nitrogen and oxygen atoms in total. The van der Waals surface area contributed by atoms with Gasteiger partial charge in [-0.1, -0.05) is 11.6 Å². The van der Waals surface area contributed by atoms with Crippen LogP contribution in [0.15, 0.2) is 53.9 Å². The van der Waals surface area contributed by atoms with Crippen molar-refractivity contribution < 1.29 is 14.3 Å². The van der Waals surface area contributed by atoms with Crippen LogP contribution in [0.1, 0.15) is 12.1 Å². The van der Waals surface area contributed by atoms with Crippen LogP contribution < -0.4 is 20.3 Å². The van der Waals surface area contributed by atoms with Gasteiger partial charge in [0.15, 0.2) is 5.13 Å². The standard InChI is InChI=1S/C24H26ClN5O3S/c1-33-21-9-4-18(5-10-21)26-23(32)28-24-27-19(16-34-24)6-11-22(31)30-14-12-29(13-15-30)20-7-2-17(25)3-8-20/h2-5,7-10,16H,6,11-15H2,1H3,(H2,26,27,28,32). The Morgan fingerprint density at radius 3 is 2.41 bits per heavy atom. The highest BCUT2D eigenvalue weighted by molar-refractivity contribution is 7.13. The van der Waals surface area contributed by atoms with Gasteiger partial charge in [0.05, 0.1) is 12.8 Å². The largest absolute Gasteiger partial charge is 0.497 e. The van der Waals surface area contributed by atoms with E-state index in [9.17, 15) is 9.59 Å².